The zero-order chi connectivity index (χ0) is 19.9. The number of hydrogen-bond acceptors (Lipinski definition) is 1. The van der Waals surface area contributed by atoms with Crippen LogP contribution in [0.2, 0.25) is 0 Å². The van der Waals surface area contributed by atoms with Gasteiger partial charge in [0, 0.05) is 0 Å². The summed E-state index contributed by atoms with van der Waals surface area (Å²) in [6, 6.07) is 0. The van der Waals surface area contributed by atoms with Crippen molar-refractivity contribution in [3.8, 4) is 0 Å². The Balaban J connectivity index is 0.000000399. The first kappa shape index (κ1) is 24.8. The minimum absolute atomic E-state index is 0.376. The van der Waals surface area contributed by atoms with Gasteiger partial charge in [-0.25, -0.2) is 0 Å². The molecule has 0 saturated heterocycles. The van der Waals surface area contributed by atoms with E-state index in [9.17, 15) is 0 Å². The van der Waals surface area contributed by atoms with E-state index in [0.717, 1.165) is 23.0 Å². The van der Waals surface area contributed by atoms with Crippen LogP contribution >= 0.6 is 0 Å². The topological polar surface area (TPSA) is 37.3 Å². The molecule has 0 radical (unpaired) electrons. The third kappa shape index (κ3) is 7.15. The molecule has 0 aromatic rings. The molecule has 25 heavy (non-hydrogen) atoms. The average Bonchev–Trinajstić information content (AvgIpc) is 2.56. The van der Waals surface area contributed by atoms with Crippen LogP contribution in [0.25, 0.3) is 0 Å². The van der Waals surface area contributed by atoms with Crippen molar-refractivity contribution >= 4 is 0 Å². The molecule has 0 aliphatic heterocycles. The van der Waals surface area contributed by atoms with Crippen molar-refractivity contribution in [1.82, 2.24) is 0 Å². The van der Waals surface area contributed by atoms with Gasteiger partial charge in [0.05, 0.1) is 0 Å². The van der Waals surface area contributed by atoms with E-state index < -0.39 is 16.6 Å². The molecule has 0 amide bonds. The van der Waals surface area contributed by atoms with Crippen LogP contribution in [0.1, 0.15) is 54.4 Å². The van der Waals surface area contributed by atoms with Crippen molar-refractivity contribution in [2.45, 2.75) is 54.4 Å². The fourth-order valence-corrected chi connectivity index (χ4v) is 3.90. The molecule has 0 aromatic heterocycles. The van der Waals surface area contributed by atoms with Gasteiger partial charge in [-0.2, -0.15) is 11.8 Å². The molecule has 146 valence electrons. The van der Waals surface area contributed by atoms with Crippen molar-refractivity contribution < 1.29 is 24.3 Å². The number of hydrogen-bond donors (Lipinski definition) is 1. The van der Waals surface area contributed by atoms with Gasteiger partial charge < -0.3 is 27.0 Å². The predicted molar refractivity (Wildman–Crippen MR) is 100 cm³/mol. The minimum atomic E-state index is -1.56. The molecule has 0 heterocycles. The number of allylic oxidation sites excluding steroid dienone is 2. The predicted octanol–water partition coefficient (Wildman–Crippen LogP) is 5.54. The second kappa shape index (κ2) is 11.5. The van der Waals surface area contributed by atoms with Gasteiger partial charge in [-0.1, -0.05) is 65.2 Å². The second-order valence-corrected chi connectivity index (χ2v) is 8.51. The van der Waals surface area contributed by atoms with Gasteiger partial charge in [-0.05, 0) is 24.7 Å². The van der Waals surface area contributed by atoms with E-state index in [-0.39, 0.29) is 0 Å². The van der Waals surface area contributed by atoms with Crippen molar-refractivity contribution in [2.75, 3.05) is 0 Å². The van der Waals surface area contributed by atoms with E-state index in [4.69, 9.17) is 20.9 Å². The summed E-state index contributed by atoms with van der Waals surface area (Å²) in [4.78, 5) is 0. The molecule has 1 N–H and O–H groups in total. The van der Waals surface area contributed by atoms with Crippen molar-refractivity contribution in [3.05, 3.63) is 38.2 Å². The van der Waals surface area contributed by atoms with Crippen LogP contribution in [-0.2, 0) is 20.3 Å². The zero-order valence-electron chi connectivity index (χ0n) is 16.9. The maximum absolute atomic E-state index is 8.58. The number of rotatable bonds is 0. The van der Waals surface area contributed by atoms with Crippen LogP contribution in [0.15, 0.2) is 11.1 Å². The molecule has 2 aliphatic rings. The molecule has 2 saturated carbocycles. The summed E-state index contributed by atoms with van der Waals surface area (Å²) < 4.78 is 15.7. The summed E-state index contributed by atoms with van der Waals surface area (Å²) in [5, 5.41) is 0. The molecular weight excluding hydrogens is 347 g/mol. The first-order chi connectivity index (χ1) is 11.5. The van der Waals surface area contributed by atoms with Crippen molar-refractivity contribution in [3.63, 3.8) is 0 Å². The fraction of sp³-hybridized carbons (Fsp3) is 0.727. The molecule has 8 unspecified atom stereocenters. The van der Waals surface area contributed by atoms with Gasteiger partial charge >= 0.3 is 24.3 Å². The normalized spacial score (nSPS) is 41.0. The van der Waals surface area contributed by atoms with E-state index in [1.165, 1.54) is 12.8 Å². The van der Waals surface area contributed by atoms with Gasteiger partial charge in [0.1, 0.15) is 0 Å². The average molecular weight is 384 g/mol. The molecule has 0 aromatic carbocycles. The van der Waals surface area contributed by atoms with E-state index in [0.29, 0.717) is 35.5 Å². The zero-order valence-corrected chi connectivity index (χ0v) is 18.3. The Morgan fingerprint density at radius 1 is 0.800 bits per heavy atom. The molecule has 0 spiro atoms. The van der Waals surface area contributed by atoms with Gasteiger partial charge in [0.25, 0.3) is 0 Å². The summed E-state index contributed by atoms with van der Waals surface area (Å²) in [7, 11) is 0. The summed E-state index contributed by atoms with van der Waals surface area (Å²) >= 11 is -1.56. The first-order valence-electron chi connectivity index (χ1n) is 9.36. The van der Waals surface area contributed by atoms with Crippen LogP contribution < -0.4 is 0 Å². The van der Waals surface area contributed by atoms with E-state index in [2.05, 4.69) is 55.4 Å². The fourth-order valence-electron chi connectivity index (χ4n) is 3.90. The molecule has 2 aliphatic carbocycles. The van der Waals surface area contributed by atoms with Crippen LogP contribution in [0.4, 0.5) is 0 Å². The van der Waals surface area contributed by atoms with Crippen LogP contribution in [-0.4, -0.2) is 4.03 Å². The van der Waals surface area contributed by atoms with Crippen LogP contribution in [0.5, 0.6) is 0 Å². The SMILES string of the molecule is [CH-]=C1C([CH2-])C(C)CC(C)C1C.[CH-]=C1C([CH2-])C(C)CC(C)C1C.[O]=[V][OH]. The van der Waals surface area contributed by atoms with E-state index >= 15 is 0 Å². The Morgan fingerprint density at radius 2 is 1.04 bits per heavy atom. The third-order valence-corrected chi connectivity index (χ3v) is 6.48. The molecule has 8 atom stereocenters. The van der Waals surface area contributed by atoms with Gasteiger partial charge in [-0.3, -0.25) is 11.1 Å². The first-order valence-corrected chi connectivity index (χ1v) is 10.6. The standard InChI is InChI=1S/2C11H18.H2O.O.V/c2*1-7-6-8(2)10(4)11(5)9(7)3;;;/h2*5,7-10H,3,6H2,1-2,4H3;1H2;;/q2*-2;;;+1/p-1. The quantitative estimate of drug-likeness (QED) is 0.557. The Hall–Kier alpha value is -0.176. The molecule has 3 heteroatoms. The summed E-state index contributed by atoms with van der Waals surface area (Å²) in [5.74, 6) is 4.69. The Bertz CT molecular complexity index is 375. The van der Waals surface area contributed by atoms with E-state index in [1.807, 2.05) is 0 Å². The van der Waals surface area contributed by atoms with E-state index in [1.54, 1.807) is 0 Å². The Labute approximate surface area is 164 Å². The van der Waals surface area contributed by atoms with Gasteiger partial charge in [0.15, 0.2) is 0 Å². The maximum atomic E-state index is 8.58. The summed E-state index contributed by atoms with van der Waals surface area (Å²) in [5.41, 5.74) is 2.22. The molecule has 0 bridgehead atoms. The molecular formula is C22H37O2V-4. The molecule has 2 fully saturated rings. The summed E-state index contributed by atoms with van der Waals surface area (Å²) in [6.45, 7) is 33.5. The monoisotopic (exact) mass is 384 g/mol. The van der Waals surface area contributed by atoms with Crippen LogP contribution in [0.3, 0.4) is 0 Å². The third-order valence-electron chi connectivity index (χ3n) is 6.48. The summed E-state index contributed by atoms with van der Waals surface area (Å²) in [6.07, 6.45) is 2.55. The molecule has 2 rings (SSSR count). The van der Waals surface area contributed by atoms with Crippen molar-refractivity contribution in [2.24, 2.45) is 47.3 Å². The Kier molecular flexibility index (Phi) is 11.4. The van der Waals surface area contributed by atoms with Crippen LogP contribution in [0, 0.1) is 74.3 Å². The van der Waals surface area contributed by atoms with Gasteiger partial charge in [-0.15, -0.1) is 0 Å². The molecule has 2 nitrogen and oxygen atoms in total. The Morgan fingerprint density at radius 3 is 1.28 bits per heavy atom. The van der Waals surface area contributed by atoms with Gasteiger partial charge in [0.2, 0.25) is 0 Å². The van der Waals surface area contributed by atoms with Crippen molar-refractivity contribution in [1.29, 1.82) is 0 Å². The second-order valence-electron chi connectivity index (χ2n) is 8.25.